The van der Waals surface area contributed by atoms with E-state index < -0.39 is 7.60 Å². The number of rotatable bonds is 7. The largest absolute Gasteiger partial charge is 0.469 e. The Hall–Kier alpha value is -1.16. The van der Waals surface area contributed by atoms with Gasteiger partial charge in [0.15, 0.2) is 0 Å². The molecule has 0 fully saturated rings. The Bertz CT molecular complexity index is 464. The van der Waals surface area contributed by atoms with Crippen molar-refractivity contribution in [1.29, 1.82) is 0 Å². The third-order valence-corrected chi connectivity index (χ3v) is 4.63. The standard InChI is InChI=1S/C13H19O5P/c1-16-13(14)8-7-11-5-4-6-12(9-11)10-19(15,17-2)18-3/h4-6,9H,7-8,10H2,1-3H3. The molecule has 1 aromatic rings. The number of esters is 1. The number of ether oxygens (including phenoxy) is 1. The van der Waals surface area contributed by atoms with Crippen molar-refractivity contribution >= 4 is 13.6 Å². The predicted octanol–water partition coefficient (Wildman–Crippen LogP) is 2.78. The molecule has 5 nitrogen and oxygen atoms in total. The van der Waals surface area contributed by atoms with Crippen LogP contribution in [0.2, 0.25) is 0 Å². The minimum absolute atomic E-state index is 0.214. The minimum atomic E-state index is -3.06. The van der Waals surface area contributed by atoms with Crippen molar-refractivity contribution in [2.45, 2.75) is 19.0 Å². The van der Waals surface area contributed by atoms with Gasteiger partial charge in [-0.25, -0.2) is 0 Å². The lowest BCUT2D eigenvalue weighted by atomic mass is 10.1. The van der Waals surface area contributed by atoms with Crippen LogP contribution in [0.15, 0.2) is 24.3 Å². The van der Waals surface area contributed by atoms with Gasteiger partial charge in [-0.3, -0.25) is 9.36 Å². The third kappa shape index (κ3) is 5.15. The highest BCUT2D eigenvalue weighted by Gasteiger charge is 2.21. The van der Waals surface area contributed by atoms with Crippen LogP contribution in [-0.4, -0.2) is 27.3 Å². The summed E-state index contributed by atoms with van der Waals surface area (Å²) in [6.07, 6.45) is 1.13. The van der Waals surface area contributed by atoms with Crippen LogP contribution in [0.3, 0.4) is 0 Å². The first kappa shape index (κ1) is 15.9. The Morgan fingerprint density at radius 2 is 1.79 bits per heavy atom. The van der Waals surface area contributed by atoms with Gasteiger partial charge in [-0.05, 0) is 17.5 Å². The van der Waals surface area contributed by atoms with Crippen molar-refractivity contribution in [3.05, 3.63) is 35.4 Å². The molecule has 0 saturated heterocycles. The summed E-state index contributed by atoms with van der Waals surface area (Å²) in [5.74, 6) is -0.246. The van der Waals surface area contributed by atoms with Crippen molar-refractivity contribution in [3.63, 3.8) is 0 Å². The smallest absolute Gasteiger partial charge is 0.334 e. The van der Waals surface area contributed by atoms with Gasteiger partial charge in [0.1, 0.15) is 0 Å². The van der Waals surface area contributed by atoms with Gasteiger partial charge in [0, 0.05) is 20.6 Å². The molecule has 0 spiro atoms. The molecule has 0 radical (unpaired) electrons. The first-order valence-corrected chi connectivity index (χ1v) is 7.61. The Morgan fingerprint density at radius 1 is 1.16 bits per heavy atom. The van der Waals surface area contributed by atoms with Gasteiger partial charge < -0.3 is 13.8 Å². The van der Waals surface area contributed by atoms with Gasteiger partial charge in [0.2, 0.25) is 0 Å². The molecule has 1 aromatic carbocycles. The fraction of sp³-hybridized carbons (Fsp3) is 0.462. The maximum Gasteiger partial charge on any atom is 0.334 e. The predicted molar refractivity (Wildman–Crippen MR) is 72.1 cm³/mol. The van der Waals surface area contributed by atoms with Crippen LogP contribution in [0.25, 0.3) is 0 Å². The Morgan fingerprint density at radius 3 is 2.37 bits per heavy atom. The molecule has 0 bridgehead atoms. The number of carbonyl (C=O) groups excluding carboxylic acids is 1. The molecule has 1 rings (SSSR count). The van der Waals surface area contributed by atoms with Crippen LogP contribution in [0, 0.1) is 0 Å². The second-order valence-corrected chi connectivity index (χ2v) is 6.30. The normalized spacial score (nSPS) is 11.3. The van der Waals surface area contributed by atoms with Crippen LogP contribution < -0.4 is 0 Å². The number of methoxy groups -OCH3 is 1. The number of carbonyl (C=O) groups is 1. The highest BCUT2D eigenvalue weighted by Crippen LogP contribution is 2.49. The summed E-state index contributed by atoms with van der Waals surface area (Å²) < 4.78 is 26.4. The van der Waals surface area contributed by atoms with Crippen molar-refractivity contribution < 1.29 is 23.1 Å². The summed E-state index contributed by atoms with van der Waals surface area (Å²) in [7, 11) is 1.04. The average molecular weight is 286 g/mol. The molecule has 19 heavy (non-hydrogen) atoms. The van der Waals surface area contributed by atoms with Crippen LogP contribution in [0.4, 0.5) is 0 Å². The fourth-order valence-corrected chi connectivity index (χ4v) is 2.71. The summed E-state index contributed by atoms with van der Waals surface area (Å²) in [6.45, 7) is 0. The molecule has 0 amide bonds. The lowest BCUT2D eigenvalue weighted by molar-refractivity contribution is -0.140. The summed E-state index contributed by atoms with van der Waals surface area (Å²) in [4.78, 5) is 11.1. The molecule has 0 aliphatic rings. The number of hydrogen-bond acceptors (Lipinski definition) is 5. The van der Waals surface area contributed by atoms with E-state index in [-0.39, 0.29) is 12.1 Å². The molecular formula is C13H19O5P. The van der Waals surface area contributed by atoms with E-state index in [2.05, 4.69) is 4.74 Å². The molecular weight excluding hydrogens is 267 g/mol. The zero-order valence-electron chi connectivity index (χ0n) is 11.4. The average Bonchev–Trinajstić information content (AvgIpc) is 2.45. The number of aryl methyl sites for hydroxylation is 1. The second-order valence-electron chi connectivity index (χ2n) is 4.03. The van der Waals surface area contributed by atoms with E-state index in [1.165, 1.54) is 21.3 Å². The van der Waals surface area contributed by atoms with Gasteiger partial charge in [0.25, 0.3) is 0 Å². The zero-order valence-corrected chi connectivity index (χ0v) is 12.3. The first-order valence-electron chi connectivity index (χ1n) is 5.88. The monoisotopic (exact) mass is 286 g/mol. The molecule has 0 aliphatic heterocycles. The molecule has 0 unspecified atom stereocenters. The van der Waals surface area contributed by atoms with Crippen molar-refractivity contribution in [2.75, 3.05) is 21.3 Å². The van der Waals surface area contributed by atoms with Gasteiger partial charge in [0.05, 0.1) is 13.3 Å². The van der Waals surface area contributed by atoms with Crippen molar-refractivity contribution in [1.82, 2.24) is 0 Å². The van der Waals surface area contributed by atoms with Crippen LogP contribution in [-0.2, 0) is 35.7 Å². The summed E-state index contributed by atoms with van der Waals surface area (Å²) in [5.41, 5.74) is 1.84. The molecule has 106 valence electrons. The van der Waals surface area contributed by atoms with E-state index in [1.54, 1.807) is 0 Å². The maximum absolute atomic E-state index is 12.0. The van der Waals surface area contributed by atoms with E-state index >= 15 is 0 Å². The van der Waals surface area contributed by atoms with E-state index in [9.17, 15) is 9.36 Å². The zero-order chi connectivity index (χ0) is 14.3. The number of benzene rings is 1. The van der Waals surface area contributed by atoms with Gasteiger partial charge in [-0.2, -0.15) is 0 Å². The molecule has 0 aliphatic carbocycles. The van der Waals surface area contributed by atoms with E-state index in [1.807, 2.05) is 24.3 Å². The molecule has 0 atom stereocenters. The van der Waals surface area contributed by atoms with Crippen LogP contribution >= 0.6 is 7.60 Å². The molecule has 0 N–H and O–H groups in total. The SMILES string of the molecule is COC(=O)CCc1cccc(CP(=O)(OC)OC)c1. The fourth-order valence-electron chi connectivity index (χ4n) is 1.66. The van der Waals surface area contributed by atoms with Gasteiger partial charge in [-0.1, -0.05) is 24.3 Å². The second kappa shape index (κ2) is 7.43. The highest BCUT2D eigenvalue weighted by atomic mass is 31.2. The van der Waals surface area contributed by atoms with E-state index in [4.69, 9.17) is 9.05 Å². The quantitative estimate of drug-likeness (QED) is 0.569. The van der Waals surface area contributed by atoms with Crippen LogP contribution in [0.1, 0.15) is 17.5 Å². The van der Waals surface area contributed by atoms with Gasteiger partial charge in [-0.15, -0.1) is 0 Å². The van der Waals surface area contributed by atoms with E-state index in [0.717, 1.165) is 11.1 Å². The highest BCUT2D eigenvalue weighted by molar-refractivity contribution is 7.52. The third-order valence-electron chi connectivity index (χ3n) is 2.77. The first-order chi connectivity index (χ1) is 9.03. The molecule has 0 saturated carbocycles. The molecule has 0 heterocycles. The topological polar surface area (TPSA) is 61.8 Å². The Labute approximate surface area is 113 Å². The number of hydrogen-bond donors (Lipinski definition) is 0. The Balaban J connectivity index is 2.72. The lowest BCUT2D eigenvalue weighted by Crippen LogP contribution is -2.02. The summed E-state index contributed by atoms with van der Waals surface area (Å²) >= 11 is 0. The van der Waals surface area contributed by atoms with Crippen molar-refractivity contribution in [3.8, 4) is 0 Å². The molecule has 0 aromatic heterocycles. The Kier molecular flexibility index (Phi) is 6.22. The minimum Gasteiger partial charge on any atom is -0.469 e. The van der Waals surface area contributed by atoms with Crippen LogP contribution in [0.5, 0.6) is 0 Å². The molecule has 6 heteroatoms. The summed E-state index contributed by atoms with van der Waals surface area (Å²) in [6, 6.07) is 7.52. The summed E-state index contributed by atoms with van der Waals surface area (Å²) in [5, 5.41) is 0. The van der Waals surface area contributed by atoms with Gasteiger partial charge >= 0.3 is 13.6 Å². The maximum atomic E-state index is 12.0. The van der Waals surface area contributed by atoms with E-state index in [0.29, 0.717) is 12.8 Å². The van der Waals surface area contributed by atoms with Crippen molar-refractivity contribution in [2.24, 2.45) is 0 Å². The lowest BCUT2D eigenvalue weighted by Gasteiger charge is -2.14.